The number of likely N-dealkylation sites (tertiary alicyclic amines) is 6. The predicted molar refractivity (Wildman–Crippen MR) is 414 cm³/mol. The van der Waals surface area contributed by atoms with E-state index in [0.717, 1.165) is 105 Å². The lowest BCUT2D eigenvalue weighted by Crippen LogP contribution is -2.45. The zero-order valence-corrected chi connectivity index (χ0v) is 71.1. The fourth-order valence-corrected chi connectivity index (χ4v) is 16.3. The molecule has 0 radical (unpaired) electrons. The van der Waals surface area contributed by atoms with E-state index in [1.54, 1.807) is 49.2 Å². The largest absolute Gasteiger partial charge is 0.480 e. The summed E-state index contributed by atoms with van der Waals surface area (Å²) in [5, 5.41) is 18.2. The van der Waals surface area contributed by atoms with Crippen LogP contribution in [0.5, 0.6) is 0 Å². The number of imidazole rings is 3. The molecule has 0 bridgehead atoms. The topological polar surface area (TPSA) is 372 Å². The van der Waals surface area contributed by atoms with Crippen molar-refractivity contribution >= 4 is 129 Å². The molecule has 0 spiro atoms. The number of aromatic amines is 3. The van der Waals surface area contributed by atoms with E-state index in [0.29, 0.717) is 66.1 Å². The molecule has 12 aliphatic rings. The van der Waals surface area contributed by atoms with Crippen LogP contribution in [0.1, 0.15) is 237 Å². The summed E-state index contributed by atoms with van der Waals surface area (Å²) in [4.78, 5) is 145. The number of hydrogen-bond acceptors (Lipinski definition) is 20. The molecule has 6 saturated carbocycles. The Morgan fingerprint density at radius 1 is 0.449 bits per heavy atom. The summed E-state index contributed by atoms with van der Waals surface area (Å²) < 4.78 is 35.4. The Kier molecular flexibility index (Phi) is 26.2. The number of aliphatic hydroxyl groups is 1. The van der Waals surface area contributed by atoms with Crippen molar-refractivity contribution in [3.05, 3.63) is 47.2 Å². The maximum absolute atomic E-state index is 12.4. The molecule has 0 unspecified atom stereocenters. The molecule has 594 valence electrons. The van der Waals surface area contributed by atoms with Crippen LogP contribution in [0.4, 0.5) is 28.8 Å². The third kappa shape index (κ3) is 22.8. The molecule has 18 atom stereocenters. The van der Waals surface area contributed by atoms with Crippen LogP contribution in [0.3, 0.4) is 0 Å². The first kappa shape index (κ1) is 84.9. The summed E-state index contributed by atoms with van der Waals surface area (Å²) in [5.41, 5.74) is -2.88. The minimum Gasteiger partial charge on any atom is -0.480 e. The van der Waals surface area contributed by atoms with Crippen LogP contribution >= 0.6 is 67.8 Å². The number of rotatable bonds is 7. The van der Waals surface area contributed by atoms with Gasteiger partial charge in [-0.15, -0.1) is 0 Å². The van der Waals surface area contributed by atoms with Gasteiger partial charge in [0.05, 0.1) is 46.7 Å². The predicted octanol–water partition coefficient (Wildman–Crippen LogP) is 13.1. The summed E-state index contributed by atoms with van der Waals surface area (Å²) in [5.74, 6) is 5.09. The standard InChI is InChI=1S/C13H17I2N3O2.C13H18IN3O2.C13H19N3O2.C11H17NO4.C11H19NO3.C11H17NO3.C2H2O2/c1-13(2,3)20-12(19)18-7-4-6(7)5-8(18)11-16-9(14)10(15)17-11;1-13(2,3)19-12(18)17-8-4-7(8)5-9(17)11-15-6-10(14)16-11;1-13(2,3)18-12(17)16-9-6-8(9)7-10(16)11-14-4-5-15-11;1-11(2,3)16-10(15)12-7-4-6(7)5-8(12)9(13)14;2*1-11(2,3)15-10(14)12-8(6-13)4-7-5-9(7)12;3-1-2-4/h6-8H,4-5H2,1-3H3,(H,16,17);6-9H,4-5H2,1-3H3,(H,15,16);4-5,8-10H,6-7H2,1-3H3,(H,14,15);6-8H,4-5H2,1-3H3,(H,13,14);7-9,13H,4-6H2,1-3H3;6-9H,4-5H2,1-3H3;1-2H/t6-,7-,8+;7-,8-,9+;8-,9-,10+;6-,7-,8+;2*7-,8-,9+;/m111100./s1. The minimum atomic E-state index is -0.932. The summed E-state index contributed by atoms with van der Waals surface area (Å²) in [7, 11) is 0. The molecule has 6 amide bonds. The van der Waals surface area contributed by atoms with E-state index in [1.165, 1.54) is 4.90 Å². The number of amides is 6. The Balaban J connectivity index is 0.000000147. The molecule has 15 rings (SSSR count). The third-order valence-corrected chi connectivity index (χ3v) is 22.9. The highest BCUT2D eigenvalue weighted by Gasteiger charge is 2.61. The van der Waals surface area contributed by atoms with E-state index in [9.17, 15) is 43.5 Å². The number of hydrogen-bond donors (Lipinski definition) is 5. The number of aromatic nitrogens is 6. The van der Waals surface area contributed by atoms with Gasteiger partial charge in [0.25, 0.3) is 0 Å². The van der Waals surface area contributed by atoms with Gasteiger partial charge in [0.2, 0.25) is 0 Å². The highest BCUT2D eigenvalue weighted by atomic mass is 127. The molecule has 6 saturated heterocycles. The number of carbonyl (C=O) groups excluding carboxylic acids is 9. The van der Waals surface area contributed by atoms with E-state index in [1.807, 2.05) is 119 Å². The van der Waals surface area contributed by atoms with E-state index >= 15 is 0 Å². The van der Waals surface area contributed by atoms with Gasteiger partial charge in [0.15, 0.2) is 12.6 Å². The van der Waals surface area contributed by atoms with Gasteiger partial charge < -0.3 is 58.4 Å². The average Bonchev–Trinajstić information content (AvgIpc) is 1.60. The summed E-state index contributed by atoms with van der Waals surface area (Å²) in [6.45, 7) is 33.6. The summed E-state index contributed by atoms with van der Waals surface area (Å²) >= 11 is 6.64. The Morgan fingerprint density at radius 3 is 1.14 bits per heavy atom. The van der Waals surface area contributed by atoms with Gasteiger partial charge in [-0.1, -0.05) is 0 Å². The van der Waals surface area contributed by atoms with Crippen LogP contribution in [0, 0.1) is 46.6 Å². The van der Waals surface area contributed by atoms with Gasteiger partial charge in [-0.05, 0) is 305 Å². The maximum Gasteiger partial charge on any atom is 0.411 e. The number of aliphatic hydroxyl groups excluding tert-OH is 1. The number of carbonyl (C=O) groups is 10. The molecular formula is C74H109I3N12O18. The first-order valence-corrected chi connectivity index (χ1v) is 40.2. The van der Waals surface area contributed by atoms with Gasteiger partial charge >= 0.3 is 42.5 Å². The number of aldehydes is 3. The van der Waals surface area contributed by atoms with Gasteiger partial charge in [0, 0.05) is 48.6 Å². The highest BCUT2D eigenvalue weighted by molar-refractivity contribution is 14.1. The quantitative estimate of drug-likeness (QED) is 0.0635. The molecule has 5 N–H and O–H groups in total. The van der Waals surface area contributed by atoms with Crippen molar-refractivity contribution in [1.82, 2.24) is 59.3 Å². The number of aliphatic carboxylic acids is 1. The minimum absolute atomic E-state index is 0.0244. The molecule has 6 aliphatic heterocycles. The molecule has 12 fully saturated rings. The van der Waals surface area contributed by atoms with Crippen LogP contribution in [0.2, 0.25) is 0 Å². The van der Waals surface area contributed by atoms with E-state index in [4.69, 9.17) is 43.1 Å². The number of ether oxygens (including phenoxy) is 6. The molecule has 3 aromatic heterocycles. The van der Waals surface area contributed by atoms with Gasteiger partial charge in [-0.3, -0.25) is 39.0 Å². The van der Waals surface area contributed by atoms with Crippen LogP contribution in [-0.4, -0.2) is 225 Å². The zero-order chi connectivity index (χ0) is 79.3. The van der Waals surface area contributed by atoms with Crippen molar-refractivity contribution in [2.24, 2.45) is 35.5 Å². The lowest BCUT2D eigenvalue weighted by molar-refractivity contribution is -0.142. The fourth-order valence-electron chi connectivity index (χ4n) is 15.1. The first-order valence-electron chi connectivity index (χ1n) is 37.0. The SMILES string of the molecule is CC(C)(C)OC(=O)N1[C@@H]2C[C@@H]2C[C@H]1C(=O)O.CC(C)(C)OC(=O)N1[C@@H]2C[C@@H]2C[C@H]1c1nc(I)c(I)[nH]1.CC(C)(C)OC(=O)N1[C@@H]2C[C@@H]2C[C@H]1c1ncc(I)[nH]1.CC(C)(C)OC(=O)N1[C@@H]2C[C@@H]2C[C@H]1c1ncc[nH]1.CC(C)(C)OC(=O)N1[C@H](C=O)C[C@H]2C[C@H]21.CC(C)(C)OC(=O)N1[C@H](CO)C[C@H]2C[C@H]21.O=CC=O. The average molecular weight is 1840 g/mol. The molecule has 3 aromatic rings. The molecule has 33 heteroatoms. The molecule has 9 heterocycles. The Morgan fingerprint density at radius 2 is 0.794 bits per heavy atom. The van der Waals surface area contributed by atoms with Gasteiger partial charge in [0.1, 0.15) is 70.8 Å². The second-order valence-electron chi connectivity index (χ2n) is 35.6. The van der Waals surface area contributed by atoms with Crippen molar-refractivity contribution in [1.29, 1.82) is 0 Å². The van der Waals surface area contributed by atoms with Crippen molar-refractivity contribution in [2.75, 3.05) is 6.61 Å². The summed E-state index contributed by atoms with van der Waals surface area (Å²) in [6, 6.07) is 0.882. The van der Waals surface area contributed by atoms with E-state index < -0.39 is 51.7 Å². The normalized spacial score (nSPS) is 30.0. The van der Waals surface area contributed by atoms with Crippen LogP contribution in [0.15, 0.2) is 18.6 Å². The first-order chi connectivity index (χ1) is 49.6. The van der Waals surface area contributed by atoms with Crippen LogP contribution in [0.25, 0.3) is 0 Å². The Labute approximate surface area is 667 Å². The molecule has 30 nitrogen and oxygen atoms in total. The third-order valence-electron chi connectivity index (χ3n) is 19.8. The zero-order valence-electron chi connectivity index (χ0n) is 64.6. The number of nitrogens with one attached hydrogen (secondary N) is 3. The molecule has 0 aromatic carbocycles. The van der Waals surface area contributed by atoms with E-state index in [2.05, 4.69) is 97.7 Å². The van der Waals surface area contributed by atoms with Gasteiger partial charge in [-0.2, -0.15) is 0 Å². The lowest BCUT2D eigenvalue weighted by atomic mass is 10.1. The second kappa shape index (κ2) is 33.1. The van der Waals surface area contributed by atoms with Crippen LogP contribution < -0.4 is 0 Å². The lowest BCUT2D eigenvalue weighted by Gasteiger charge is -2.29. The number of piperidine rings is 6. The molecule has 6 aliphatic carbocycles. The van der Waals surface area contributed by atoms with Gasteiger partial charge in [-0.25, -0.2) is 48.5 Å². The highest BCUT2D eigenvalue weighted by Crippen LogP contribution is 2.57. The number of carboxylic acid groups (broad SMARTS) is 1. The van der Waals surface area contributed by atoms with Crippen molar-refractivity contribution < 1.29 is 86.6 Å². The number of carboxylic acids is 1. The van der Waals surface area contributed by atoms with Crippen molar-refractivity contribution in [3.63, 3.8) is 0 Å². The maximum atomic E-state index is 12.4. The second-order valence-corrected chi connectivity index (χ2v) is 38.9. The Hall–Kier alpha value is -6.12. The van der Waals surface area contributed by atoms with Crippen LogP contribution in [-0.2, 0) is 47.6 Å². The number of fused-ring (bicyclic) bond motifs is 6. The molecule has 107 heavy (non-hydrogen) atoms. The fraction of sp³-hybridized carbons (Fsp3) is 0.743. The van der Waals surface area contributed by atoms with Crippen molar-refractivity contribution in [3.8, 4) is 0 Å². The van der Waals surface area contributed by atoms with Crippen molar-refractivity contribution in [2.45, 2.75) is 308 Å². The number of halogens is 3. The number of H-pyrrole nitrogens is 3. The monoisotopic (exact) mass is 1830 g/mol. The molecular weight excluding hydrogens is 1730 g/mol. The Bertz CT molecular complexity index is 3680. The number of nitrogens with zero attached hydrogens (tertiary/aromatic N) is 9. The smallest absolute Gasteiger partial charge is 0.411 e. The summed E-state index contributed by atoms with van der Waals surface area (Å²) in [6.07, 6.45) is 16.5. The van der Waals surface area contributed by atoms with E-state index in [-0.39, 0.29) is 91.9 Å².